The fraction of sp³-hybridized carbons (Fsp3) is 0.312. The summed E-state index contributed by atoms with van der Waals surface area (Å²) in [7, 11) is 0. The number of anilines is 1. The summed E-state index contributed by atoms with van der Waals surface area (Å²) in [5.74, 6) is 0.514. The van der Waals surface area contributed by atoms with Gasteiger partial charge in [-0.1, -0.05) is 11.6 Å². The zero-order chi connectivity index (χ0) is 16.1. The van der Waals surface area contributed by atoms with Crippen LogP contribution in [0.3, 0.4) is 0 Å². The maximum Gasteiger partial charge on any atom is 0.251 e. The molecule has 23 heavy (non-hydrogen) atoms. The second kappa shape index (κ2) is 7.39. The number of rotatable bonds is 4. The first-order valence-corrected chi connectivity index (χ1v) is 7.78. The molecule has 0 aliphatic carbocycles. The first kappa shape index (κ1) is 15.7. The fourth-order valence-electron chi connectivity index (χ4n) is 2.27. The van der Waals surface area contributed by atoms with Crippen LogP contribution in [-0.2, 0) is 11.3 Å². The van der Waals surface area contributed by atoms with Gasteiger partial charge in [-0.3, -0.25) is 4.79 Å². The molecule has 7 heteroatoms. The first-order chi connectivity index (χ1) is 11.2. The van der Waals surface area contributed by atoms with E-state index in [0.29, 0.717) is 36.3 Å². The minimum atomic E-state index is -0.159. The van der Waals surface area contributed by atoms with Crippen molar-refractivity contribution in [3.63, 3.8) is 0 Å². The quantitative estimate of drug-likeness (QED) is 0.926. The Morgan fingerprint density at radius 1 is 1.22 bits per heavy atom. The number of aromatic nitrogens is 2. The molecule has 0 unspecified atom stereocenters. The normalized spacial score (nSPS) is 14.6. The molecule has 1 aliphatic rings. The first-order valence-electron chi connectivity index (χ1n) is 7.41. The number of carbonyl (C=O) groups is 1. The largest absolute Gasteiger partial charge is 0.378 e. The average molecular weight is 333 g/mol. The summed E-state index contributed by atoms with van der Waals surface area (Å²) in [6, 6.07) is 8.56. The Kier molecular flexibility index (Phi) is 5.05. The number of ether oxygens (including phenoxy) is 1. The highest BCUT2D eigenvalue weighted by Crippen LogP contribution is 2.11. The van der Waals surface area contributed by atoms with Crippen molar-refractivity contribution in [1.29, 1.82) is 0 Å². The van der Waals surface area contributed by atoms with Crippen molar-refractivity contribution in [1.82, 2.24) is 15.3 Å². The van der Waals surface area contributed by atoms with Gasteiger partial charge < -0.3 is 15.0 Å². The lowest BCUT2D eigenvalue weighted by molar-refractivity contribution is 0.0950. The van der Waals surface area contributed by atoms with Gasteiger partial charge >= 0.3 is 0 Å². The number of nitrogens with zero attached hydrogens (tertiary/aromatic N) is 3. The second-order valence-electron chi connectivity index (χ2n) is 5.14. The average Bonchev–Trinajstić information content (AvgIpc) is 2.61. The van der Waals surface area contributed by atoms with Crippen molar-refractivity contribution in [2.75, 3.05) is 31.2 Å². The highest BCUT2D eigenvalue weighted by Gasteiger charge is 2.14. The zero-order valence-corrected chi connectivity index (χ0v) is 13.3. The number of hydrogen-bond acceptors (Lipinski definition) is 5. The van der Waals surface area contributed by atoms with Gasteiger partial charge in [0.2, 0.25) is 5.95 Å². The van der Waals surface area contributed by atoms with Crippen molar-refractivity contribution < 1.29 is 9.53 Å². The monoisotopic (exact) mass is 332 g/mol. The predicted molar refractivity (Wildman–Crippen MR) is 87.7 cm³/mol. The molecule has 6 nitrogen and oxygen atoms in total. The van der Waals surface area contributed by atoms with Crippen LogP contribution >= 0.6 is 11.6 Å². The van der Waals surface area contributed by atoms with Gasteiger partial charge in [0, 0.05) is 29.9 Å². The van der Waals surface area contributed by atoms with E-state index in [-0.39, 0.29) is 5.91 Å². The van der Waals surface area contributed by atoms with Crippen molar-refractivity contribution in [3.05, 3.63) is 52.8 Å². The Balaban J connectivity index is 1.61. The lowest BCUT2D eigenvalue weighted by atomic mass is 10.2. The van der Waals surface area contributed by atoms with Gasteiger partial charge in [0.25, 0.3) is 5.91 Å². The van der Waals surface area contributed by atoms with Crippen LogP contribution in [0, 0.1) is 0 Å². The van der Waals surface area contributed by atoms with Gasteiger partial charge in [-0.05, 0) is 30.3 Å². The number of nitrogens with one attached hydrogen (secondary N) is 1. The lowest BCUT2D eigenvalue weighted by Crippen LogP contribution is -2.37. The molecular formula is C16H17ClN4O2. The van der Waals surface area contributed by atoms with Crippen LogP contribution in [0.1, 0.15) is 16.1 Å². The van der Waals surface area contributed by atoms with Crippen molar-refractivity contribution in [2.45, 2.75) is 6.54 Å². The van der Waals surface area contributed by atoms with Crippen LogP contribution in [0.15, 0.2) is 36.5 Å². The smallest absolute Gasteiger partial charge is 0.251 e. The highest BCUT2D eigenvalue weighted by molar-refractivity contribution is 6.30. The molecule has 0 spiro atoms. The molecule has 0 saturated carbocycles. The number of amides is 1. The van der Waals surface area contributed by atoms with E-state index in [1.807, 2.05) is 0 Å². The molecule has 1 saturated heterocycles. The third kappa shape index (κ3) is 4.18. The maximum absolute atomic E-state index is 12.1. The molecule has 0 radical (unpaired) electrons. The van der Waals surface area contributed by atoms with Gasteiger partial charge in [0.15, 0.2) is 0 Å². The molecule has 1 N–H and O–H groups in total. The molecule has 0 bridgehead atoms. The topological polar surface area (TPSA) is 67.4 Å². The Morgan fingerprint density at radius 3 is 2.70 bits per heavy atom. The minimum absolute atomic E-state index is 0.159. The summed E-state index contributed by atoms with van der Waals surface area (Å²) < 4.78 is 5.32. The highest BCUT2D eigenvalue weighted by atomic mass is 35.5. The van der Waals surface area contributed by atoms with Gasteiger partial charge in [0.05, 0.1) is 25.5 Å². The molecule has 120 valence electrons. The molecule has 1 amide bonds. The van der Waals surface area contributed by atoms with Gasteiger partial charge in [0.1, 0.15) is 0 Å². The SMILES string of the molecule is O=C(NCc1ccnc(N2CCOCC2)n1)c1ccc(Cl)cc1. The maximum atomic E-state index is 12.1. The van der Waals surface area contributed by atoms with E-state index >= 15 is 0 Å². The van der Waals surface area contributed by atoms with Crippen LogP contribution < -0.4 is 10.2 Å². The van der Waals surface area contributed by atoms with E-state index in [1.54, 1.807) is 36.5 Å². The molecule has 3 rings (SSSR count). The van der Waals surface area contributed by atoms with Crippen LogP contribution in [0.5, 0.6) is 0 Å². The van der Waals surface area contributed by atoms with E-state index in [9.17, 15) is 4.79 Å². The van der Waals surface area contributed by atoms with Crippen molar-refractivity contribution in [3.8, 4) is 0 Å². The Bertz CT molecular complexity index is 672. The minimum Gasteiger partial charge on any atom is -0.378 e. The summed E-state index contributed by atoms with van der Waals surface area (Å²) in [5, 5.41) is 3.45. The van der Waals surface area contributed by atoms with Crippen LogP contribution in [0.2, 0.25) is 5.02 Å². The number of carbonyl (C=O) groups excluding carboxylic acids is 1. The van der Waals surface area contributed by atoms with E-state index in [4.69, 9.17) is 16.3 Å². The lowest BCUT2D eigenvalue weighted by Gasteiger charge is -2.26. The number of morpholine rings is 1. The summed E-state index contributed by atoms with van der Waals surface area (Å²) in [5.41, 5.74) is 1.33. The standard InChI is InChI=1S/C16H17ClN4O2/c17-13-3-1-12(2-4-13)15(22)19-11-14-5-6-18-16(20-14)21-7-9-23-10-8-21/h1-6H,7-11H2,(H,19,22). The van der Waals surface area contributed by atoms with E-state index in [0.717, 1.165) is 18.8 Å². The Morgan fingerprint density at radius 2 is 1.96 bits per heavy atom. The third-order valence-corrected chi connectivity index (χ3v) is 3.78. The number of benzene rings is 1. The van der Waals surface area contributed by atoms with Gasteiger partial charge in [-0.25, -0.2) is 9.97 Å². The van der Waals surface area contributed by atoms with Crippen LogP contribution in [0.4, 0.5) is 5.95 Å². The zero-order valence-electron chi connectivity index (χ0n) is 12.5. The summed E-state index contributed by atoms with van der Waals surface area (Å²) in [6.45, 7) is 3.27. The van der Waals surface area contributed by atoms with Crippen LogP contribution in [-0.4, -0.2) is 42.2 Å². The van der Waals surface area contributed by atoms with Crippen molar-refractivity contribution >= 4 is 23.5 Å². The van der Waals surface area contributed by atoms with Crippen LogP contribution in [0.25, 0.3) is 0 Å². The van der Waals surface area contributed by atoms with E-state index in [2.05, 4.69) is 20.2 Å². The third-order valence-electron chi connectivity index (χ3n) is 3.53. The van der Waals surface area contributed by atoms with E-state index in [1.165, 1.54) is 0 Å². The summed E-state index contributed by atoms with van der Waals surface area (Å²) in [4.78, 5) is 23.0. The molecule has 1 aliphatic heterocycles. The summed E-state index contributed by atoms with van der Waals surface area (Å²) >= 11 is 5.82. The number of halogens is 1. The molecule has 2 heterocycles. The molecular weight excluding hydrogens is 316 g/mol. The number of hydrogen-bond donors (Lipinski definition) is 1. The van der Waals surface area contributed by atoms with Crippen molar-refractivity contribution in [2.24, 2.45) is 0 Å². The molecule has 1 aromatic carbocycles. The molecule has 2 aromatic rings. The molecule has 1 aromatic heterocycles. The Hall–Kier alpha value is -2.18. The van der Waals surface area contributed by atoms with E-state index < -0.39 is 0 Å². The predicted octanol–water partition coefficient (Wildman–Crippen LogP) is 1.90. The summed E-state index contributed by atoms with van der Waals surface area (Å²) in [6.07, 6.45) is 1.71. The fourth-order valence-corrected chi connectivity index (χ4v) is 2.40. The Labute approximate surface area is 139 Å². The molecule has 1 fully saturated rings. The second-order valence-corrected chi connectivity index (χ2v) is 5.57. The molecule has 0 atom stereocenters. The van der Waals surface area contributed by atoms with Gasteiger partial charge in [-0.2, -0.15) is 0 Å². The van der Waals surface area contributed by atoms with Gasteiger partial charge in [-0.15, -0.1) is 0 Å².